The van der Waals surface area contributed by atoms with Crippen molar-refractivity contribution in [2.45, 2.75) is 53.9 Å². The molecule has 8 bridgehead atoms. The molecular weight excluding hydrogens is 585 g/mol. The average Bonchev–Trinajstić information content (AvgIpc) is 3.59. The van der Waals surface area contributed by atoms with Gasteiger partial charge in [-0.05, 0) is 73.6 Å². The third kappa shape index (κ3) is 6.80. The molecule has 0 aliphatic carbocycles. The van der Waals surface area contributed by atoms with Crippen LogP contribution in [0, 0.1) is 18.8 Å². The smallest absolute Gasteiger partial charge is 0.629 e. The number of carboxylic acids is 1. The summed E-state index contributed by atoms with van der Waals surface area (Å²) in [5, 5.41) is 38.3. The molecule has 2 N–H and O–H groups in total. The molecule has 2 atom stereocenters. The largest absolute Gasteiger partial charge is 1.00 e. The summed E-state index contributed by atoms with van der Waals surface area (Å²) >= 11 is 0. The van der Waals surface area contributed by atoms with Crippen molar-refractivity contribution < 1.29 is 109 Å². The van der Waals surface area contributed by atoms with Gasteiger partial charge in [-0.15, -0.1) is 0 Å². The number of aliphatic hydroxyl groups is 1. The number of carbonyl (C=O) groups excluding carboxylic acids is 1. The van der Waals surface area contributed by atoms with E-state index in [0.717, 1.165) is 45.1 Å². The number of fused-ring (bicyclic) bond motifs is 5. The maximum atomic E-state index is 12.6. The molecule has 5 aliphatic rings. The second-order valence-corrected chi connectivity index (χ2v) is 10.8. The zero-order chi connectivity index (χ0) is 29.7. The standard InChI is InChI=1S/C33H35N4O4.3Na/c1-8-19-15(4)23-12-25-17(6)21(10-3)31(36-25)22(11-29(38)39)32-30(33(40)41)18(7)26(37-32)14-28-20(9-2)16(5)24(35-28)13-27(19)34-23;;;/h8,12-14,17,21,36,40-41H,1,3,9-11H2,2,4-7H3,(H,38,39);;;/q-1;3*+1/p-2/t17-,21-;;;/m0.../s1. The Morgan fingerprint density at radius 2 is 1.64 bits per heavy atom. The third-order valence-corrected chi connectivity index (χ3v) is 8.52. The number of aliphatic hydroxyl groups excluding tert-OH is 1. The molecule has 5 aliphatic heterocycles. The van der Waals surface area contributed by atoms with E-state index in [2.05, 4.69) is 18.8 Å². The Morgan fingerprint density at radius 1 is 1.00 bits per heavy atom. The Morgan fingerprint density at radius 3 is 2.20 bits per heavy atom. The van der Waals surface area contributed by atoms with Crippen LogP contribution in [-0.4, -0.2) is 28.2 Å². The zero-order valence-electron chi connectivity index (χ0n) is 27.0. The summed E-state index contributed by atoms with van der Waals surface area (Å²) in [5.41, 5.74) is 9.60. The van der Waals surface area contributed by atoms with Gasteiger partial charge in [0, 0.05) is 46.4 Å². The summed E-state index contributed by atoms with van der Waals surface area (Å²) in [6.07, 6.45) is 8.20. The summed E-state index contributed by atoms with van der Waals surface area (Å²) < 4.78 is 0. The van der Waals surface area contributed by atoms with E-state index in [1.165, 1.54) is 0 Å². The molecule has 0 spiro atoms. The topological polar surface area (TPSA) is 133 Å². The Labute approximate surface area is 325 Å². The van der Waals surface area contributed by atoms with E-state index in [1.54, 1.807) is 19.1 Å². The molecule has 11 heteroatoms. The molecule has 1 saturated heterocycles. The molecule has 5 rings (SSSR count). The molecular formula is C33H33N4Na3O4. The van der Waals surface area contributed by atoms with Crippen molar-refractivity contribution >= 4 is 23.1 Å². The normalized spacial score (nSPS) is 23.4. The van der Waals surface area contributed by atoms with E-state index in [-0.39, 0.29) is 117 Å². The van der Waals surface area contributed by atoms with Gasteiger partial charge in [0.05, 0.1) is 40.2 Å². The van der Waals surface area contributed by atoms with Gasteiger partial charge in [0.2, 0.25) is 0 Å². The summed E-state index contributed by atoms with van der Waals surface area (Å²) in [5.74, 6) is -2.75. The van der Waals surface area contributed by atoms with Gasteiger partial charge < -0.3 is 32.4 Å². The summed E-state index contributed by atoms with van der Waals surface area (Å²) in [6, 6.07) is 0. The maximum Gasteiger partial charge on any atom is 1.00 e. The van der Waals surface area contributed by atoms with Crippen molar-refractivity contribution in [3.8, 4) is 0 Å². The fourth-order valence-corrected chi connectivity index (χ4v) is 6.18. The number of nitrogens with zero attached hydrogens (tertiary/aromatic N) is 3. The van der Waals surface area contributed by atoms with E-state index in [4.69, 9.17) is 15.0 Å². The first kappa shape index (κ1) is 38.7. The minimum absolute atomic E-state index is 0. The number of aliphatic imine (C=N–C) groups is 3. The van der Waals surface area contributed by atoms with Gasteiger partial charge in [-0.25, -0.2) is 15.0 Å². The SMILES string of the molecule is C=CC1=C(C)C2=NC1=CC1=NC(=CC3=C(C)/C(=C(/[O-])O)C(=N3)C(CC(=O)[O-])=C3NC(=C2)[C@@H](C)[C@@H]3C[CH2-])C(CC)=C1C.[Na+].[Na+].[Na+]. The minimum Gasteiger partial charge on any atom is -0.629 e. The van der Waals surface area contributed by atoms with Crippen LogP contribution in [0.25, 0.3) is 0 Å². The minimum atomic E-state index is -1.32. The van der Waals surface area contributed by atoms with Crippen LogP contribution in [-0.2, 0) is 4.79 Å². The van der Waals surface area contributed by atoms with Crippen LogP contribution < -0.4 is 104 Å². The molecule has 5 heterocycles. The maximum absolute atomic E-state index is 12.6. The number of hydrogen-bond donors (Lipinski definition) is 2. The van der Waals surface area contributed by atoms with Gasteiger partial charge in [-0.1, -0.05) is 26.5 Å². The number of allylic oxidation sites excluding steroid dienone is 11. The van der Waals surface area contributed by atoms with E-state index in [1.807, 2.05) is 39.8 Å². The molecule has 8 nitrogen and oxygen atoms in total. The molecule has 0 unspecified atom stereocenters. The van der Waals surface area contributed by atoms with Gasteiger partial charge in [-0.2, -0.15) is 6.42 Å². The van der Waals surface area contributed by atoms with Gasteiger partial charge in [-0.3, -0.25) is 0 Å². The van der Waals surface area contributed by atoms with Crippen LogP contribution in [0.4, 0.5) is 0 Å². The Balaban J connectivity index is 0.00000225. The first-order chi connectivity index (χ1) is 19.5. The van der Waals surface area contributed by atoms with Crippen molar-refractivity contribution in [1.82, 2.24) is 5.32 Å². The van der Waals surface area contributed by atoms with Gasteiger partial charge >= 0.3 is 88.7 Å². The summed E-state index contributed by atoms with van der Waals surface area (Å²) in [4.78, 5) is 26.7. The Kier molecular flexibility index (Phi) is 13.6. The molecule has 0 aromatic carbocycles. The van der Waals surface area contributed by atoms with Crippen molar-refractivity contribution in [1.29, 1.82) is 0 Å². The van der Waals surface area contributed by atoms with Gasteiger partial charge in [0.1, 0.15) is 0 Å². The van der Waals surface area contributed by atoms with E-state index < -0.39 is 18.3 Å². The first-order valence-electron chi connectivity index (χ1n) is 13.8. The molecule has 0 radical (unpaired) electrons. The molecule has 0 amide bonds. The predicted molar refractivity (Wildman–Crippen MR) is 157 cm³/mol. The van der Waals surface area contributed by atoms with Crippen LogP contribution in [0.1, 0.15) is 53.9 Å². The van der Waals surface area contributed by atoms with Gasteiger partial charge in [0.25, 0.3) is 0 Å². The summed E-state index contributed by atoms with van der Waals surface area (Å²) in [6.45, 7) is 17.9. The molecule has 1 fully saturated rings. The number of carbonyl (C=O) groups is 1. The Bertz CT molecular complexity index is 1660. The number of aliphatic carboxylic acids is 1. The van der Waals surface area contributed by atoms with Crippen molar-refractivity contribution in [2.24, 2.45) is 26.8 Å². The fraction of sp³-hybridized carbons (Fsp3) is 0.303. The number of rotatable bonds is 5. The molecule has 0 aromatic rings. The number of hydrogen-bond acceptors (Lipinski definition) is 8. The van der Waals surface area contributed by atoms with Crippen molar-refractivity contribution in [3.63, 3.8) is 0 Å². The van der Waals surface area contributed by atoms with Crippen LogP contribution in [0.2, 0.25) is 0 Å². The second-order valence-electron chi connectivity index (χ2n) is 10.8. The molecule has 44 heavy (non-hydrogen) atoms. The third-order valence-electron chi connectivity index (χ3n) is 8.52. The van der Waals surface area contributed by atoms with E-state index >= 15 is 0 Å². The monoisotopic (exact) mass is 618 g/mol. The fourth-order valence-electron chi connectivity index (χ4n) is 6.18. The zero-order valence-corrected chi connectivity index (χ0v) is 33.0. The summed E-state index contributed by atoms with van der Waals surface area (Å²) in [7, 11) is 0. The second kappa shape index (κ2) is 15.4. The molecule has 0 saturated carbocycles. The van der Waals surface area contributed by atoms with E-state index in [0.29, 0.717) is 35.5 Å². The molecule has 0 aromatic heterocycles. The Hall–Kier alpha value is -1.46. The van der Waals surface area contributed by atoms with Crippen LogP contribution >= 0.6 is 0 Å². The average molecular weight is 619 g/mol. The van der Waals surface area contributed by atoms with Crippen molar-refractivity contribution in [3.05, 3.63) is 111 Å². The van der Waals surface area contributed by atoms with Crippen LogP contribution in [0.5, 0.6) is 0 Å². The van der Waals surface area contributed by atoms with Gasteiger partial charge in [0.15, 0.2) is 0 Å². The van der Waals surface area contributed by atoms with E-state index in [9.17, 15) is 20.1 Å². The predicted octanol–water partition coefficient (Wildman–Crippen LogP) is -4.87. The number of carboxylic acid groups (broad SMARTS) is 1. The quantitative estimate of drug-likeness (QED) is 0.181. The van der Waals surface area contributed by atoms with Crippen molar-refractivity contribution in [2.75, 3.05) is 0 Å². The first-order valence-corrected chi connectivity index (χ1v) is 13.8. The van der Waals surface area contributed by atoms with Crippen LogP contribution in [0.15, 0.2) is 119 Å². The van der Waals surface area contributed by atoms with Crippen LogP contribution in [0.3, 0.4) is 0 Å². The molecule has 212 valence electrons. The number of nitrogens with one attached hydrogen (secondary N) is 1.